The van der Waals surface area contributed by atoms with Crippen LogP contribution in [0.3, 0.4) is 0 Å². The van der Waals surface area contributed by atoms with Gasteiger partial charge in [0.1, 0.15) is 17.7 Å². The van der Waals surface area contributed by atoms with Crippen molar-refractivity contribution < 1.29 is 18.4 Å². The van der Waals surface area contributed by atoms with E-state index in [1.54, 1.807) is 12.1 Å². The summed E-state index contributed by atoms with van der Waals surface area (Å²) in [4.78, 5) is 28.9. The summed E-state index contributed by atoms with van der Waals surface area (Å²) in [7, 11) is 0. The van der Waals surface area contributed by atoms with Gasteiger partial charge in [-0.2, -0.15) is 0 Å². The molecule has 8 heteroatoms. The second-order valence-corrected chi connectivity index (χ2v) is 8.89. The van der Waals surface area contributed by atoms with Gasteiger partial charge in [0.25, 0.3) is 0 Å². The van der Waals surface area contributed by atoms with E-state index >= 15 is 0 Å². The summed E-state index contributed by atoms with van der Waals surface area (Å²) in [6.07, 6.45) is 2.59. The molecule has 0 bridgehead atoms. The predicted molar refractivity (Wildman–Crippen MR) is 119 cm³/mol. The normalized spacial score (nSPS) is 22.3. The quantitative estimate of drug-likeness (QED) is 0.765. The number of nitrogens with one attached hydrogen (secondary N) is 2. The van der Waals surface area contributed by atoms with Gasteiger partial charge in [-0.1, -0.05) is 6.07 Å². The Kier molecular flexibility index (Phi) is 5.23. The van der Waals surface area contributed by atoms with Crippen molar-refractivity contribution in [2.45, 2.75) is 44.7 Å². The van der Waals surface area contributed by atoms with Crippen molar-refractivity contribution in [1.82, 2.24) is 4.90 Å². The van der Waals surface area contributed by atoms with Crippen molar-refractivity contribution in [3.63, 3.8) is 0 Å². The van der Waals surface area contributed by atoms with Crippen LogP contribution in [0.2, 0.25) is 0 Å². The second-order valence-electron chi connectivity index (χ2n) is 8.89. The van der Waals surface area contributed by atoms with Crippen LogP contribution < -0.4 is 15.5 Å². The Bertz CT molecular complexity index is 1060. The Morgan fingerprint density at radius 3 is 2.78 bits per heavy atom. The third kappa shape index (κ3) is 3.78. The summed E-state index contributed by atoms with van der Waals surface area (Å²) in [6.45, 7) is 4.03. The van der Waals surface area contributed by atoms with E-state index in [0.29, 0.717) is 35.6 Å². The third-order valence-electron chi connectivity index (χ3n) is 6.74. The fourth-order valence-corrected chi connectivity index (χ4v) is 5.07. The lowest BCUT2D eigenvalue weighted by atomic mass is 10.1. The molecule has 0 aliphatic carbocycles. The summed E-state index contributed by atoms with van der Waals surface area (Å²) in [5.41, 5.74) is 3.08. The van der Waals surface area contributed by atoms with Gasteiger partial charge in [-0.25, -0.2) is 8.78 Å². The lowest BCUT2D eigenvalue weighted by Crippen LogP contribution is -2.38. The van der Waals surface area contributed by atoms with E-state index in [1.165, 1.54) is 18.2 Å². The number of hydrogen-bond acceptors (Lipinski definition) is 4. The molecule has 2 saturated heterocycles. The van der Waals surface area contributed by atoms with Crippen LogP contribution in [-0.2, 0) is 16.0 Å². The lowest BCUT2D eigenvalue weighted by molar-refractivity contribution is -0.129. The molecule has 3 aliphatic heterocycles. The predicted octanol–water partition coefficient (Wildman–Crippen LogP) is 3.45. The van der Waals surface area contributed by atoms with Crippen molar-refractivity contribution in [1.29, 1.82) is 0 Å². The van der Waals surface area contributed by atoms with Gasteiger partial charge in [0.15, 0.2) is 0 Å². The maximum Gasteiger partial charge on any atom is 0.247 e. The van der Waals surface area contributed by atoms with E-state index in [2.05, 4.69) is 15.5 Å². The molecule has 6 nitrogen and oxygen atoms in total. The largest absolute Gasteiger partial charge is 0.373 e. The number of carbonyl (C=O) groups excluding carboxylic acids is 2. The average molecular weight is 440 g/mol. The van der Waals surface area contributed by atoms with Gasteiger partial charge in [0, 0.05) is 55.1 Å². The maximum absolute atomic E-state index is 14.4. The molecule has 0 radical (unpaired) electrons. The van der Waals surface area contributed by atoms with Crippen LogP contribution in [0, 0.1) is 18.6 Å². The second kappa shape index (κ2) is 8.07. The van der Waals surface area contributed by atoms with E-state index in [4.69, 9.17) is 0 Å². The summed E-state index contributed by atoms with van der Waals surface area (Å²) < 4.78 is 28.5. The summed E-state index contributed by atoms with van der Waals surface area (Å²) in [5.74, 6) is -0.913. The lowest BCUT2D eigenvalue weighted by Gasteiger charge is -2.25. The van der Waals surface area contributed by atoms with E-state index in [1.807, 2.05) is 11.8 Å². The van der Waals surface area contributed by atoms with Crippen molar-refractivity contribution in [2.24, 2.45) is 0 Å². The number of amides is 2. The van der Waals surface area contributed by atoms with Crippen LogP contribution in [0.25, 0.3) is 0 Å². The zero-order valence-corrected chi connectivity index (χ0v) is 18.0. The van der Waals surface area contributed by atoms with Crippen molar-refractivity contribution >= 4 is 28.9 Å². The number of halogens is 2. The monoisotopic (exact) mass is 440 g/mol. The Morgan fingerprint density at radius 1 is 1.19 bits per heavy atom. The highest BCUT2D eigenvalue weighted by molar-refractivity contribution is 5.98. The fraction of sp³-hybridized carbons (Fsp3) is 0.417. The highest BCUT2D eigenvalue weighted by Crippen LogP contribution is 2.33. The minimum Gasteiger partial charge on any atom is -0.373 e. The molecule has 2 amide bonds. The van der Waals surface area contributed by atoms with E-state index < -0.39 is 11.9 Å². The number of benzene rings is 2. The smallest absolute Gasteiger partial charge is 0.247 e. The number of anilines is 3. The zero-order chi connectivity index (χ0) is 22.4. The SMILES string of the molecule is Cc1ccc(F)c2c1NC(C(=O)Nc1cc(F)cc(N3CCC(N4CCCC4=O)C3)c1)C2. The first-order valence-corrected chi connectivity index (χ1v) is 11.1. The van der Waals surface area contributed by atoms with Crippen molar-refractivity contribution in [3.05, 3.63) is 53.1 Å². The zero-order valence-electron chi connectivity index (χ0n) is 18.0. The minimum absolute atomic E-state index is 0.144. The Labute approximate surface area is 185 Å². The van der Waals surface area contributed by atoms with Gasteiger partial charge in [0.05, 0.1) is 6.04 Å². The molecule has 168 valence electrons. The molecular weight excluding hydrogens is 414 g/mol. The Balaban J connectivity index is 1.28. The van der Waals surface area contributed by atoms with Crippen LogP contribution in [0.4, 0.5) is 25.8 Å². The summed E-state index contributed by atoms with van der Waals surface area (Å²) >= 11 is 0. The van der Waals surface area contributed by atoms with Gasteiger partial charge >= 0.3 is 0 Å². The maximum atomic E-state index is 14.4. The van der Waals surface area contributed by atoms with E-state index in [9.17, 15) is 18.4 Å². The van der Waals surface area contributed by atoms with Crippen LogP contribution >= 0.6 is 0 Å². The molecule has 2 unspecified atom stereocenters. The Morgan fingerprint density at radius 2 is 2.03 bits per heavy atom. The molecule has 3 aliphatic rings. The van der Waals surface area contributed by atoms with Gasteiger partial charge < -0.3 is 20.4 Å². The van der Waals surface area contributed by atoms with Gasteiger partial charge in [0.2, 0.25) is 11.8 Å². The van der Waals surface area contributed by atoms with Crippen LogP contribution in [0.15, 0.2) is 30.3 Å². The Hall–Kier alpha value is -3.16. The summed E-state index contributed by atoms with van der Waals surface area (Å²) in [5, 5.41) is 5.88. The molecule has 0 spiro atoms. The molecule has 5 rings (SSSR count). The number of fused-ring (bicyclic) bond motifs is 1. The minimum atomic E-state index is -0.621. The molecule has 2 N–H and O–H groups in total. The number of aryl methyl sites for hydroxylation is 1. The van der Waals surface area contributed by atoms with Crippen molar-refractivity contribution in [2.75, 3.05) is 35.2 Å². The number of hydrogen-bond donors (Lipinski definition) is 2. The molecule has 2 fully saturated rings. The number of nitrogens with zero attached hydrogens (tertiary/aromatic N) is 2. The topological polar surface area (TPSA) is 64.7 Å². The first-order valence-electron chi connectivity index (χ1n) is 11.1. The molecule has 2 aromatic rings. The number of likely N-dealkylation sites (tertiary alicyclic amines) is 1. The third-order valence-corrected chi connectivity index (χ3v) is 6.74. The molecule has 0 aromatic heterocycles. The molecule has 2 aromatic carbocycles. The van der Waals surface area contributed by atoms with Crippen molar-refractivity contribution in [3.8, 4) is 0 Å². The molecule has 2 atom stereocenters. The molecular formula is C24H26F2N4O2. The van der Waals surface area contributed by atoms with Gasteiger partial charge in [-0.15, -0.1) is 0 Å². The average Bonchev–Trinajstić information content (AvgIpc) is 3.49. The van der Waals surface area contributed by atoms with Gasteiger partial charge in [-0.3, -0.25) is 9.59 Å². The first-order chi connectivity index (χ1) is 15.4. The number of rotatable bonds is 4. The highest BCUT2D eigenvalue weighted by atomic mass is 19.1. The standard InChI is InChI=1S/C24H26F2N4O2/c1-14-4-5-20(26)19-12-21(28-23(14)19)24(32)27-16-9-15(25)10-18(11-16)29-8-6-17(13-29)30-7-2-3-22(30)31/h4-5,9-11,17,21,28H,2-3,6-8,12-13H2,1H3,(H,27,32). The molecule has 0 saturated carbocycles. The fourth-order valence-electron chi connectivity index (χ4n) is 5.07. The number of carbonyl (C=O) groups is 2. The van der Waals surface area contributed by atoms with Crippen LogP contribution in [0.5, 0.6) is 0 Å². The van der Waals surface area contributed by atoms with Crippen LogP contribution in [0.1, 0.15) is 30.4 Å². The molecule has 32 heavy (non-hydrogen) atoms. The van der Waals surface area contributed by atoms with E-state index in [0.717, 1.165) is 31.5 Å². The van der Waals surface area contributed by atoms with E-state index in [-0.39, 0.29) is 30.1 Å². The highest BCUT2D eigenvalue weighted by Gasteiger charge is 2.34. The van der Waals surface area contributed by atoms with Gasteiger partial charge in [-0.05, 0) is 49.6 Å². The first kappa shape index (κ1) is 20.7. The van der Waals surface area contributed by atoms with Crippen LogP contribution in [-0.4, -0.2) is 48.4 Å². The summed E-state index contributed by atoms with van der Waals surface area (Å²) in [6, 6.07) is 7.10. The molecule has 3 heterocycles.